The smallest absolute Gasteiger partial charge is 0.291 e. The van der Waals surface area contributed by atoms with Crippen molar-refractivity contribution in [2.75, 3.05) is 5.32 Å². The summed E-state index contributed by atoms with van der Waals surface area (Å²) in [5.74, 6) is 0.790. The van der Waals surface area contributed by atoms with Crippen LogP contribution in [0.25, 0.3) is 0 Å². The molecule has 4 rings (SSSR count). The number of benzene rings is 2. The maximum atomic E-state index is 12.7. The highest BCUT2D eigenvalue weighted by molar-refractivity contribution is 6.02. The molecular weight excluding hydrogens is 410 g/mol. The second kappa shape index (κ2) is 8.47. The van der Waals surface area contributed by atoms with Gasteiger partial charge in [-0.05, 0) is 82.7 Å². The normalized spacial score (nSPS) is 16.5. The van der Waals surface area contributed by atoms with Crippen molar-refractivity contribution in [2.24, 2.45) is 11.5 Å². The Morgan fingerprint density at radius 2 is 1.58 bits per heavy atom. The molecule has 0 saturated heterocycles. The molecule has 33 heavy (non-hydrogen) atoms. The van der Waals surface area contributed by atoms with Gasteiger partial charge in [-0.1, -0.05) is 52.0 Å². The predicted octanol–water partition coefficient (Wildman–Crippen LogP) is 5.70. The Balaban J connectivity index is 1.52. The van der Waals surface area contributed by atoms with Crippen molar-refractivity contribution in [2.45, 2.75) is 70.9 Å². The SMILES string of the molecule is Cc1cc2c(cc1Cc1ccc(C(=O)Nc3ccc(C(N)N)cc3)o1)C(C)(C)CCC2(C)C. The number of hydrogen-bond donors (Lipinski definition) is 3. The number of anilines is 1. The summed E-state index contributed by atoms with van der Waals surface area (Å²) >= 11 is 0. The molecule has 0 aliphatic heterocycles. The van der Waals surface area contributed by atoms with Crippen molar-refractivity contribution in [3.8, 4) is 0 Å². The van der Waals surface area contributed by atoms with E-state index in [1.54, 1.807) is 30.3 Å². The topological polar surface area (TPSA) is 94.3 Å². The molecule has 5 nitrogen and oxygen atoms in total. The van der Waals surface area contributed by atoms with Gasteiger partial charge in [-0.3, -0.25) is 4.79 Å². The van der Waals surface area contributed by atoms with Crippen LogP contribution >= 0.6 is 0 Å². The minimum Gasteiger partial charge on any atom is -0.456 e. The van der Waals surface area contributed by atoms with E-state index >= 15 is 0 Å². The van der Waals surface area contributed by atoms with Crippen LogP contribution in [0.15, 0.2) is 52.9 Å². The predicted molar refractivity (Wildman–Crippen MR) is 133 cm³/mol. The molecule has 0 radical (unpaired) electrons. The number of aryl methyl sites for hydroxylation is 1. The number of fused-ring (bicyclic) bond motifs is 1. The van der Waals surface area contributed by atoms with Crippen molar-refractivity contribution in [3.63, 3.8) is 0 Å². The van der Waals surface area contributed by atoms with Gasteiger partial charge >= 0.3 is 0 Å². The summed E-state index contributed by atoms with van der Waals surface area (Å²) in [5, 5.41) is 2.86. The Morgan fingerprint density at radius 1 is 0.970 bits per heavy atom. The number of rotatable bonds is 5. The van der Waals surface area contributed by atoms with Gasteiger partial charge in [0.15, 0.2) is 5.76 Å². The third-order valence-corrected chi connectivity index (χ3v) is 7.11. The van der Waals surface area contributed by atoms with E-state index < -0.39 is 6.17 Å². The highest BCUT2D eigenvalue weighted by Gasteiger charge is 2.37. The monoisotopic (exact) mass is 445 g/mol. The van der Waals surface area contributed by atoms with Gasteiger partial charge in [-0.2, -0.15) is 0 Å². The van der Waals surface area contributed by atoms with Gasteiger partial charge in [0.05, 0.1) is 6.17 Å². The molecule has 1 aliphatic rings. The van der Waals surface area contributed by atoms with E-state index in [0.29, 0.717) is 17.9 Å². The average molecular weight is 446 g/mol. The van der Waals surface area contributed by atoms with Gasteiger partial charge in [0, 0.05) is 12.1 Å². The zero-order valence-corrected chi connectivity index (χ0v) is 20.3. The Kier molecular flexibility index (Phi) is 5.97. The zero-order valence-electron chi connectivity index (χ0n) is 20.3. The van der Waals surface area contributed by atoms with Crippen molar-refractivity contribution in [1.82, 2.24) is 0 Å². The van der Waals surface area contributed by atoms with E-state index in [-0.39, 0.29) is 16.7 Å². The Morgan fingerprint density at radius 3 is 2.18 bits per heavy atom. The molecule has 1 aliphatic carbocycles. The Labute approximate surface area is 196 Å². The van der Waals surface area contributed by atoms with Gasteiger partial charge in [0.2, 0.25) is 0 Å². The number of furan rings is 1. The largest absolute Gasteiger partial charge is 0.456 e. The van der Waals surface area contributed by atoms with E-state index in [1.165, 1.54) is 35.1 Å². The van der Waals surface area contributed by atoms with Crippen LogP contribution in [0.2, 0.25) is 0 Å². The summed E-state index contributed by atoms with van der Waals surface area (Å²) in [6, 6.07) is 15.5. The van der Waals surface area contributed by atoms with Crippen molar-refractivity contribution < 1.29 is 9.21 Å². The van der Waals surface area contributed by atoms with E-state index in [4.69, 9.17) is 15.9 Å². The summed E-state index contributed by atoms with van der Waals surface area (Å²) in [7, 11) is 0. The molecule has 0 fully saturated rings. The average Bonchev–Trinajstić information content (AvgIpc) is 3.22. The van der Waals surface area contributed by atoms with Crippen LogP contribution in [0, 0.1) is 6.92 Å². The van der Waals surface area contributed by atoms with Crippen LogP contribution in [0.5, 0.6) is 0 Å². The lowest BCUT2D eigenvalue weighted by Gasteiger charge is -2.42. The first kappa shape index (κ1) is 23.3. The number of hydrogen-bond acceptors (Lipinski definition) is 4. The van der Waals surface area contributed by atoms with E-state index in [2.05, 4.69) is 52.1 Å². The number of carbonyl (C=O) groups excluding carboxylic acids is 1. The van der Waals surface area contributed by atoms with Crippen molar-refractivity contribution in [3.05, 3.63) is 87.9 Å². The molecule has 3 aromatic rings. The molecule has 0 saturated carbocycles. The summed E-state index contributed by atoms with van der Waals surface area (Å²) in [6.07, 6.45) is 2.50. The number of carbonyl (C=O) groups is 1. The van der Waals surface area contributed by atoms with Gasteiger partial charge in [-0.15, -0.1) is 0 Å². The zero-order chi connectivity index (χ0) is 24.0. The Bertz CT molecular complexity index is 1170. The molecule has 5 heteroatoms. The lowest BCUT2D eigenvalue weighted by atomic mass is 9.62. The summed E-state index contributed by atoms with van der Waals surface area (Å²) in [4.78, 5) is 12.7. The first-order valence-corrected chi connectivity index (χ1v) is 11.6. The fraction of sp³-hybridized carbons (Fsp3) is 0.393. The fourth-order valence-electron chi connectivity index (χ4n) is 4.72. The van der Waals surface area contributed by atoms with E-state index in [0.717, 1.165) is 11.3 Å². The molecule has 2 aromatic carbocycles. The van der Waals surface area contributed by atoms with Gasteiger partial charge in [0.1, 0.15) is 5.76 Å². The molecule has 5 N–H and O–H groups in total. The molecule has 0 spiro atoms. The second-order valence-electron chi connectivity index (χ2n) is 10.6. The quantitative estimate of drug-likeness (QED) is 0.439. The number of amides is 1. The lowest BCUT2D eigenvalue weighted by Crippen LogP contribution is -2.34. The van der Waals surface area contributed by atoms with Gasteiger partial charge < -0.3 is 21.2 Å². The summed E-state index contributed by atoms with van der Waals surface area (Å²) < 4.78 is 5.92. The lowest BCUT2D eigenvalue weighted by molar-refractivity contribution is 0.0995. The number of nitrogens with two attached hydrogens (primary N) is 2. The van der Waals surface area contributed by atoms with E-state index in [9.17, 15) is 4.79 Å². The highest BCUT2D eigenvalue weighted by atomic mass is 16.3. The molecule has 1 amide bonds. The summed E-state index contributed by atoms with van der Waals surface area (Å²) in [5.41, 5.74) is 18.6. The minimum absolute atomic E-state index is 0.158. The fourth-order valence-corrected chi connectivity index (χ4v) is 4.72. The molecule has 0 bridgehead atoms. The molecule has 0 atom stereocenters. The minimum atomic E-state index is -0.536. The molecular formula is C28H35N3O2. The summed E-state index contributed by atoms with van der Waals surface area (Å²) in [6.45, 7) is 11.5. The van der Waals surface area contributed by atoms with Gasteiger partial charge in [0.25, 0.3) is 5.91 Å². The first-order valence-electron chi connectivity index (χ1n) is 11.6. The van der Waals surface area contributed by atoms with Crippen molar-refractivity contribution in [1.29, 1.82) is 0 Å². The van der Waals surface area contributed by atoms with Crippen LogP contribution in [-0.4, -0.2) is 5.91 Å². The van der Waals surface area contributed by atoms with E-state index in [1.807, 2.05) is 6.07 Å². The molecule has 1 heterocycles. The molecule has 0 unspecified atom stereocenters. The second-order valence-corrected chi connectivity index (χ2v) is 10.6. The molecule has 1 aromatic heterocycles. The van der Waals surface area contributed by atoms with Crippen LogP contribution in [0.4, 0.5) is 5.69 Å². The van der Waals surface area contributed by atoms with Gasteiger partial charge in [-0.25, -0.2) is 0 Å². The van der Waals surface area contributed by atoms with Crippen LogP contribution < -0.4 is 16.8 Å². The van der Waals surface area contributed by atoms with Crippen LogP contribution in [0.3, 0.4) is 0 Å². The Hall–Kier alpha value is -2.89. The van der Waals surface area contributed by atoms with Crippen LogP contribution in [0.1, 0.15) is 90.8 Å². The maximum Gasteiger partial charge on any atom is 0.291 e. The third kappa shape index (κ3) is 4.75. The first-order chi connectivity index (χ1) is 15.5. The maximum absolute atomic E-state index is 12.7. The third-order valence-electron chi connectivity index (χ3n) is 7.11. The highest BCUT2D eigenvalue weighted by Crippen LogP contribution is 2.46. The number of nitrogens with one attached hydrogen (secondary N) is 1. The van der Waals surface area contributed by atoms with Crippen LogP contribution in [-0.2, 0) is 17.3 Å². The van der Waals surface area contributed by atoms with Crippen molar-refractivity contribution >= 4 is 11.6 Å². The standard InChI is InChI=1S/C28H35N3O2/c1-17-14-22-23(28(4,5)13-12-27(22,2)3)16-19(17)15-21-10-11-24(33-21)26(32)31-20-8-6-18(7-9-20)25(29)30/h6-11,14,16,25H,12-13,15,29-30H2,1-5H3,(H,31,32). The molecule has 174 valence electrons.